The summed E-state index contributed by atoms with van der Waals surface area (Å²) in [4.78, 5) is 0. The lowest BCUT2D eigenvalue weighted by molar-refractivity contribution is 0.457. The summed E-state index contributed by atoms with van der Waals surface area (Å²) in [5, 5.41) is 11.2. The van der Waals surface area contributed by atoms with Crippen molar-refractivity contribution in [3.05, 3.63) is 91.0 Å². The summed E-state index contributed by atoms with van der Waals surface area (Å²) in [5.41, 5.74) is 4.54. The molecule has 1 N–H and O–H groups in total. The molecule has 0 atom stereocenters. The predicted octanol–water partition coefficient (Wildman–Crippen LogP) is 5.08. The van der Waals surface area contributed by atoms with Crippen LogP contribution in [-0.2, 0) is 0 Å². The van der Waals surface area contributed by atoms with Crippen molar-refractivity contribution >= 4 is 18.5 Å². The first-order valence-electron chi connectivity index (χ1n) is 8.17. The molecule has 0 aliphatic rings. The van der Waals surface area contributed by atoms with Crippen LogP contribution in [0.5, 0.6) is 5.75 Å². The van der Waals surface area contributed by atoms with Gasteiger partial charge in [-0.3, -0.25) is 0 Å². The number of fused-ring (bicyclic) bond motifs is 1. The summed E-state index contributed by atoms with van der Waals surface area (Å²) < 4.78 is 5.36. The van der Waals surface area contributed by atoms with E-state index >= 15 is 0 Å². The zero-order valence-corrected chi connectivity index (χ0v) is 13.6. The van der Waals surface area contributed by atoms with Crippen molar-refractivity contribution in [3.63, 3.8) is 0 Å². The Hall–Kier alpha value is -3.04. The van der Waals surface area contributed by atoms with Crippen LogP contribution in [0.4, 0.5) is 0 Å². The van der Waals surface area contributed by atoms with Crippen LogP contribution in [0.15, 0.2) is 91.0 Å². The van der Waals surface area contributed by atoms with Crippen LogP contribution in [0.2, 0.25) is 0 Å². The molecule has 0 bridgehead atoms. The van der Waals surface area contributed by atoms with Crippen LogP contribution in [-0.4, -0.2) is 12.7 Å². The summed E-state index contributed by atoms with van der Waals surface area (Å²) in [6, 6.07) is 30.7. The summed E-state index contributed by atoms with van der Waals surface area (Å²) in [5.74, 6) is 0.637. The summed E-state index contributed by atoms with van der Waals surface area (Å²) in [6.45, 7) is 0. The van der Waals surface area contributed by atoms with Gasteiger partial charge in [-0.1, -0.05) is 84.9 Å². The average molecular weight is 323 g/mol. The van der Waals surface area contributed by atoms with Crippen LogP contribution in [0.1, 0.15) is 0 Å². The van der Waals surface area contributed by atoms with E-state index in [9.17, 15) is 0 Å². The second-order valence-corrected chi connectivity index (χ2v) is 5.79. The first-order valence-corrected chi connectivity index (χ1v) is 8.17. The van der Waals surface area contributed by atoms with Gasteiger partial charge in [-0.15, -0.1) is 0 Å². The monoisotopic (exact) mass is 323 g/mol. The van der Waals surface area contributed by atoms with E-state index < -0.39 is 0 Å². The van der Waals surface area contributed by atoms with E-state index in [-0.39, 0.29) is 0 Å². The lowest BCUT2D eigenvalue weighted by Gasteiger charge is -2.15. The number of rotatable bonds is 4. The molecule has 0 amide bonds. The highest BCUT2D eigenvalue weighted by Gasteiger charge is 2.13. The molecule has 0 saturated heterocycles. The Labute approximate surface area is 147 Å². The second-order valence-electron chi connectivity index (χ2n) is 5.79. The van der Waals surface area contributed by atoms with Crippen molar-refractivity contribution in [2.75, 3.05) is 0 Å². The van der Waals surface area contributed by atoms with E-state index in [0.717, 1.165) is 29.6 Å². The minimum atomic E-state index is 0.637. The SMILES string of the molecule is O[B]Oc1cccc2cccc(-c3ccccc3-c3ccccc3)c12. The van der Waals surface area contributed by atoms with Gasteiger partial charge >= 0.3 is 7.69 Å². The molecule has 2 nitrogen and oxygen atoms in total. The molecular weight excluding hydrogens is 307 g/mol. The summed E-state index contributed by atoms with van der Waals surface area (Å²) >= 11 is 0. The van der Waals surface area contributed by atoms with E-state index in [2.05, 4.69) is 36.4 Å². The third-order valence-electron chi connectivity index (χ3n) is 4.35. The van der Waals surface area contributed by atoms with Gasteiger partial charge in [0.05, 0.1) is 0 Å². The maximum absolute atomic E-state index is 9.13. The van der Waals surface area contributed by atoms with Crippen molar-refractivity contribution in [1.29, 1.82) is 0 Å². The Morgan fingerprint density at radius 3 is 2.00 bits per heavy atom. The zero-order chi connectivity index (χ0) is 17.1. The Morgan fingerprint density at radius 1 is 0.600 bits per heavy atom. The van der Waals surface area contributed by atoms with Crippen molar-refractivity contribution in [3.8, 4) is 28.0 Å². The lowest BCUT2D eigenvalue weighted by atomic mass is 9.91. The third kappa shape index (κ3) is 2.90. The molecule has 4 aromatic carbocycles. The van der Waals surface area contributed by atoms with Gasteiger partial charge < -0.3 is 9.68 Å². The first kappa shape index (κ1) is 15.5. The molecule has 0 heterocycles. The fourth-order valence-corrected chi connectivity index (χ4v) is 3.27. The molecule has 0 fully saturated rings. The Bertz CT molecular complexity index is 1010. The quantitative estimate of drug-likeness (QED) is 0.531. The van der Waals surface area contributed by atoms with Gasteiger partial charge in [0.15, 0.2) is 0 Å². The van der Waals surface area contributed by atoms with E-state index in [1.54, 1.807) is 0 Å². The number of hydrogen-bond donors (Lipinski definition) is 1. The average Bonchev–Trinajstić information content (AvgIpc) is 2.69. The van der Waals surface area contributed by atoms with Gasteiger partial charge in [0.1, 0.15) is 5.75 Å². The fourth-order valence-electron chi connectivity index (χ4n) is 3.27. The molecule has 119 valence electrons. The van der Waals surface area contributed by atoms with Gasteiger partial charge in [0.2, 0.25) is 0 Å². The van der Waals surface area contributed by atoms with E-state index in [1.807, 2.05) is 54.6 Å². The lowest BCUT2D eigenvalue weighted by Crippen LogP contribution is -2.00. The van der Waals surface area contributed by atoms with Crippen molar-refractivity contribution in [2.45, 2.75) is 0 Å². The molecule has 0 aliphatic carbocycles. The molecule has 0 unspecified atom stereocenters. The molecule has 0 aliphatic heterocycles. The van der Waals surface area contributed by atoms with Crippen LogP contribution in [0.25, 0.3) is 33.0 Å². The molecule has 0 spiro atoms. The highest BCUT2D eigenvalue weighted by molar-refractivity contribution is 6.18. The minimum Gasteiger partial charge on any atom is -0.537 e. The standard InChI is InChI=1S/C22H16BO2/c24-23-25-21-15-7-11-17-10-6-14-20(22(17)21)19-13-5-4-12-18(19)16-8-2-1-3-9-16/h1-15,24H. The Kier molecular flexibility index (Phi) is 4.24. The van der Waals surface area contributed by atoms with Crippen LogP contribution < -0.4 is 4.65 Å². The van der Waals surface area contributed by atoms with Crippen molar-refractivity contribution in [1.82, 2.24) is 0 Å². The number of benzene rings is 4. The first-order chi connectivity index (χ1) is 12.4. The molecule has 4 aromatic rings. The van der Waals surface area contributed by atoms with Gasteiger partial charge in [-0.25, -0.2) is 0 Å². The van der Waals surface area contributed by atoms with Crippen LogP contribution in [0, 0.1) is 0 Å². The summed E-state index contributed by atoms with van der Waals surface area (Å²) in [6.07, 6.45) is 0. The van der Waals surface area contributed by atoms with Gasteiger partial charge in [0.25, 0.3) is 0 Å². The van der Waals surface area contributed by atoms with Crippen molar-refractivity contribution in [2.24, 2.45) is 0 Å². The van der Waals surface area contributed by atoms with E-state index in [4.69, 9.17) is 9.68 Å². The molecule has 0 saturated carbocycles. The van der Waals surface area contributed by atoms with Gasteiger partial charge in [-0.05, 0) is 33.7 Å². The van der Waals surface area contributed by atoms with E-state index in [1.165, 1.54) is 11.1 Å². The van der Waals surface area contributed by atoms with Gasteiger partial charge in [-0.2, -0.15) is 0 Å². The highest BCUT2D eigenvalue weighted by Crippen LogP contribution is 2.39. The van der Waals surface area contributed by atoms with Crippen LogP contribution >= 0.6 is 0 Å². The molecule has 1 radical (unpaired) electrons. The largest absolute Gasteiger partial charge is 0.569 e. The molecular formula is C22H16BO2. The molecule has 3 heteroatoms. The smallest absolute Gasteiger partial charge is 0.537 e. The Morgan fingerprint density at radius 2 is 1.24 bits per heavy atom. The fraction of sp³-hybridized carbons (Fsp3) is 0. The van der Waals surface area contributed by atoms with Crippen molar-refractivity contribution < 1.29 is 9.68 Å². The minimum absolute atomic E-state index is 0.637. The second kappa shape index (κ2) is 6.84. The summed E-state index contributed by atoms with van der Waals surface area (Å²) in [7, 11) is 0.731. The van der Waals surface area contributed by atoms with Gasteiger partial charge in [0, 0.05) is 5.39 Å². The van der Waals surface area contributed by atoms with Crippen LogP contribution in [0.3, 0.4) is 0 Å². The molecule has 4 rings (SSSR count). The molecule has 0 aromatic heterocycles. The number of hydrogen-bond acceptors (Lipinski definition) is 2. The Balaban J connectivity index is 2.01. The molecule has 25 heavy (non-hydrogen) atoms. The normalized spacial score (nSPS) is 10.6. The maximum Gasteiger partial charge on any atom is 0.569 e. The van der Waals surface area contributed by atoms with E-state index in [0.29, 0.717) is 5.75 Å². The topological polar surface area (TPSA) is 29.5 Å². The highest BCUT2D eigenvalue weighted by atomic mass is 16.5. The third-order valence-corrected chi connectivity index (χ3v) is 4.35. The predicted molar refractivity (Wildman–Crippen MR) is 103 cm³/mol. The zero-order valence-electron chi connectivity index (χ0n) is 13.6. The maximum atomic E-state index is 9.13.